The first-order chi connectivity index (χ1) is 31.1. The number of nitrogens with one attached hydrogen (secondary N) is 2. The molecule has 2 aromatic carbocycles. The second-order valence-corrected chi connectivity index (χ2v) is 22.2. The number of azo groups is 2. The van der Waals surface area contributed by atoms with Crippen molar-refractivity contribution in [2.75, 3.05) is 24.6 Å². The third kappa shape index (κ3) is 12.9. The van der Waals surface area contributed by atoms with E-state index in [1.54, 1.807) is 30.3 Å². The molecule has 0 spiro atoms. The molecular formula is C46H68N14O4S2. The summed E-state index contributed by atoms with van der Waals surface area (Å²) < 4.78 is 60.7. The van der Waals surface area contributed by atoms with Crippen molar-refractivity contribution in [2.24, 2.45) is 32.3 Å². The van der Waals surface area contributed by atoms with E-state index in [-0.39, 0.29) is 33.3 Å². The van der Waals surface area contributed by atoms with Crippen LogP contribution < -0.4 is 20.9 Å². The number of hydrogen-bond donors (Lipinski definition) is 4. The lowest BCUT2D eigenvalue weighted by molar-refractivity contribution is 0.443. The Morgan fingerprint density at radius 1 is 0.591 bits per heavy atom. The minimum absolute atomic E-state index is 0.142. The second kappa shape index (κ2) is 21.9. The van der Waals surface area contributed by atoms with Crippen LogP contribution in [0.2, 0.25) is 0 Å². The Morgan fingerprint density at radius 3 is 1.27 bits per heavy atom. The molecule has 0 saturated heterocycles. The van der Waals surface area contributed by atoms with Crippen LogP contribution in [0.3, 0.4) is 0 Å². The van der Waals surface area contributed by atoms with E-state index < -0.39 is 30.9 Å². The third-order valence-electron chi connectivity index (χ3n) is 11.3. The van der Waals surface area contributed by atoms with E-state index in [2.05, 4.69) is 67.6 Å². The zero-order valence-electron chi connectivity index (χ0n) is 40.1. The van der Waals surface area contributed by atoms with Crippen LogP contribution in [-0.2, 0) is 30.9 Å². The molecule has 3 heterocycles. The third-order valence-corrected chi connectivity index (χ3v) is 14.2. The SMILES string of the molecule is CCCCC(CC)CNS(=O)(=O)c1ccc(/N=N/c2c(C(C)(C)C)nn(-c3cc(-n4nc(C(C)(C)C)c(/N=N/c5ccc(S(=O)(=O)NCC(CC)CCCC)cc5)c4N)ncn3)c2N)cc1. The molecule has 0 amide bonds. The number of aromatic nitrogens is 6. The lowest BCUT2D eigenvalue weighted by atomic mass is 9.91. The maximum Gasteiger partial charge on any atom is 0.240 e. The van der Waals surface area contributed by atoms with E-state index in [1.165, 1.54) is 40.0 Å². The van der Waals surface area contributed by atoms with E-state index in [0.717, 1.165) is 51.4 Å². The maximum atomic E-state index is 13.1. The van der Waals surface area contributed by atoms with Crippen molar-refractivity contribution in [3.63, 3.8) is 0 Å². The Hall–Kier alpha value is -5.44. The largest absolute Gasteiger partial charge is 0.382 e. The average Bonchev–Trinajstić information content (AvgIpc) is 3.81. The zero-order valence-corrected chi connectivity index (χ0v) is 41.7. The molecule has 0 aliphatic rings. The topological polar surface area (TPSA) is 255 Å². The monoisotopic (exact) mass is 944 g/mol. The number of unbranched alkanes of at least 4 members (excludes halogenated alkanes) is 2. The Labute approximate surface area is 390 Å². The van der Waals surface area contributed by atoms with Gasteiger partial charge in [0.05, 0.1) is 32.6 Å². The molecule has 2 unspecified atom stereocenters. The van der Waals surface area contributed by atoms with Gasteiger partial charge in [-0.15, -0.1) is 10.2 Å². The fourth-order valence-electron chi connectivity index (χ4n) is 7.08. The number of benzene rings is 2. The van der Waals surface area contributed by atoms with Gasteiger partial charge in [0.2, 0.25) is 20.0 Å². The lowest BCUT2D eigenvalue weighted by Crippen LogP contribution is -2.29. The number of nitrogens with zero attached hydrogens (tertiary/aromatic N) is 10. The molecule has 66 heavy (non-hydrogen) atoms. The van der Waals surface area contributed by atoms with Crippen LogP contribution in [0.4, 0.5) is 34.4 Å². The fraction of sp³-hybridized carbons (Fsp3) is 0.522. The summed E-state index contributed by atoms with van der Waals surface area (Å²) in [6.45, 7) is 21.0. The number of hydrogen-bond acceptors (Lipinski definition) is 14. The molecule has 5 aromatic rings. The molecule has 0 aliphatic heterocycles. The standard InChI is InChI=1S/C46H68N14O4S2/c1-11-15-17-31(13-3)28-51-65(61,62)35-23-19-33(20-24-35)53-55-39-41(45(5,6)7)57-59(43(39)47)37-27-38(50-30-49-37)60-44(48)40(42(58-60)46(8,9)10)56-54-34-21-25-36(26-22-34)66(63,64)52-29-32(14-4)18-16-12-2/h19-27,30-32,51-52H,11-18,28-29,47-48H2,1-10H3/b55-53+,56-54+. The first-order valence-corrected chi connectivity index (χ1v) is 25.7. The van der Waals surface area contributed by atoms with Crippen LogP contribution in [-0.4, -0.2) is 59.5 Å². The van der Waals surface area contributed by atoms with Gasteiger partial charge in [0.15, 0.2) is 34.6 Å². The van der Waals surface area contributed by atoms with E-state index in [9.17, 15) is 16.8 Å². The van der Waals surface area contributed by atoms with Crippen molar-refractivity contribution in [3.05, 3.63) is 72.3 Å². The van der Waals surface area contributed by atoms with Gasteiger partial charge in [-0.1, -0.05) is 108 Å². The van der Waals surface area contributed by atoms with Gasteiger partial charge in [0.25, 0.3) is 0 Å². The van der Waals surface area contributed by atoms with Crippen molar-refractivity contribution < 1.29 is 16.8 Å². The summed E-state index contributed by atoms with van der Waals surface area (Å²) in [7, 11) is -7.41. The molecule has 18 nitrogen and oxygen atoms in total. The first-order valence-electron chi connectivity index (χ1n) is 22.8. The minimum atomic E-state index is -3.71. The summed E-state index contributed by atoms with van der Waals surface area (Å²) in [6, 6.07) is 14.0. The molecule has 3 aromatic heterocycles. The molecule has 0 fully saturated rings. The molecule has 0 bridgehead atoms. The highest BCUT2D eigenvalue weighted by atomic mass is 32.2. The Bertz CT molecular complexity index is 2500. The Morgan fingerprint density at radius 2 is 0.955 bits per heavy atom. The Kier molecular flexibility index (Phi) is 17.1. The van der Waals surface area contributed by atoms with E-state index in [1.807, 2.05) is 41.5 Å². The van der Waals surface area contributed by atoms with Crippen molar-refractivity contribution in [1.29, 1.82) is 0 Å². The molecule has 5 rings (SSSR count). The maximum absolute atomic E-state index is 13.1. The van der Waals surface area contributed by atoms with Crippen LogP contribution in [0.25, 0.3) is 11.6 Å². The van der Waals surface area contributed by atoms with Crippen LogP contribution >= 0.6 is 0 Å². The number of nitrogens with two attached hydrogens (primary N) is 2. The lowest BCUT2D eigenvalue weighted by Gasteiger charge is -2.15. The van der Waals surface area contributed by atoms with Gasteiger partial charge >= 0.3 is 0 Å². The predicted octanol–water partition coefficient (Wildman–Crippen LogP) is 10.4. The average molecular weight is 945 g/mol. The first kappa shape index (κ1) is 51.5. The summed E-state index contributed by atoms with van der Waals surface area (Å²) in [6.07, 6.45) is 9.35. The summed E-state index contributed by atoms with van der Waals surface area (Å²) >= 11 is 0. The van der Waals surface area contributed by atoms with Gasteiger partial charge in [-0.2, -0.15) is 29.8 Å². The van der Waals surface area contributed by atoms with Crippen molar-refractivity contribution >= 4 is 54.4 Å². The van der Waals surface area contributed by atoms with Crippen LogP contribution in [0, 0.1) is 11.8 Å². The van der Waals surface area contributed by atoms with Gasteiger partial charge in [-0.3, -0.25) is 0 Å². The molecule has 0 radical (unpaired) electrons. The molecule has 358 valence electrons. The van der Waals surface area contributed by atoms with Crippen molar-refractivity contribution in [1.82, 2.24) is 39.0 Å². The predicted molar refractivity (Wildman–Crippen MR) is 261 cm³/mol. The zero-order chi connectivity index (χ0) is 48.5. The highest BCUT2D eigenvalue weighted by molar-refractivity contribution is 7.89. The molecule has 0 aliphatic carbocycles. The summed E-state index contributed by atoms with van der Waals surface area (Å²) in [4.78, 5) is 9.24. The van der Waals surface area contributed by atoms with E-state index in [0.29, 0.717) is 58.9 Å². The van der Waals surface area contributed by atoms with E-state index in [4.69, 9.17) is 21.7 Å². The highest BCUT2D eigenvalue weighted by Gasteiger charge is 2.30. The number of nitrogen functional groups attached to an aromatic ring is 2. The van der Waals surface area contributed by atoms with Gasteiger partial charge in [-0.05, 0) is 73.2 Å². The summed E-state index contributed by atoms with van der Waals surface area (Å²) in [5.74, 6) is 1.49. The van der Waals surface area contributed by atoms with Crippen LogP contribution in [0.1, 0.15) is 132 Å². The van der Waals surface area contributed by atoms with Crippen molar-refractivity contribution in [2.45, 2.75) is 141 Å². The number of anilines is 2. The van der Waals surface area contributed by atoms with Gasteiger partial charge in [-0.25, -0.2) is 36.2 Å². The molecule has 20 heteroatoms. The number of sulfonamides is 2. The second-order valence-electron chi connectivity index (χ2n) is 18.6. The highest BCUT2D eigenvalue weighted by Crippen LogP contribution is 2.40. The van der Waals surface area contributed by atoms with Gasteiger partial charge in [0.1, 0.15) is 6.33 Å². The quantitative estimate of drug-likeness (QED) is 0.0477. The molecule has 0 saturated carbocycles. The molecule has 6 N–H and O–H groups in total. The Balaban J connectivity index is 1.40. The van der Waals surface area contributed by atoms with Gasteiger partial charge in [0, 0.05) is 30.0 Å². The number of rotatable bonds is 22. The van der Waals surface area contributed by atoms with Crippen molar-refractivity contribution in [3.8, 4) is 11.6 Å². The molecular weight excluding hydrogens is 877 g/mol. The minimum Gasteiger partial charge on any atom is -0.382 e. The van der Waals surface area contributed by atoms with E-state index >= 15 is 0 Å². The van der Waals surface area contributed by atoms with Gasteiger partial charge < -0.3 is 11.5 Å². The van der Waals surface area contributed by atoms with Crippen LogP contribution in [0.15, 0.2) is 91.2 Å². The summed E-state index contributed by atoms with van der Waals surface area (Å²) in [5.41, 5.74) is 15.0. The smallest absolute Gasteiger partial charge is 0.240 e. The van der Waals surface area contributed by atoms with Crippen LogP contribution in [0.5, 0.6) is 0 Å². The fourth-order valence-corrected chi connectivity index (χ4v) is 9.31. The normalized spacial score (nSPS) is 13.8. The summed E-state index contributed by atoms with van der Waals surface area (Å²) in [5, 5.41) is 27.5. The molecule has 2 atom stereocenters.